The third kappa shape index (κ3) is 3.99. The van der Waals surface area contributed by atoms with Gasteiger partial charge in [-0.25, -0.2) is 0 Å². The quantitative estimate of drug-likeness (QED) is 0.200. The molecule has 1 aromatic rings. The summed E-state index contributed by atoms with van der Waals surface area (Å²) < 4.78 is -1.35. The van der Waals surface area contributed by atoms with E-state index in [-0.39, 0.29) is 0 Å². The average Bonchev–Trinajstić information content (AvgIpc) is 2.10. The first-order chi connectivity index (χ1) is 7.89. The summed E-state index contributed by atoms with van der Waals surface area (Å²) in [5.74, 6) is 0. The maximum Gasteiger partial charge on any atom is 0.218 e. The van der Waals surface area contributed by atoms with E-state index in [1.165, 1.54) is 0 Å². The Morgan fingerprint density at radius 1 is 0.500 bits per heavy atom. The topological polar surface area (TPSA) is 0 Å². The monoisotopic (exact) mass is 621 g/mol. The first kappa shape index (κ1) is 18.9. The molecule has 0 bridgehead atoms. The lowest BCUT2D eigenvalue weighted by Gasteiger charge is -2.23. The molecule has 0 radical (unpaired) electrons. The van der Waals surface area contributed by atoms with Crippen molar-refractivity contribution < 1.29 is 0 Å². The fourth-order valence-corrected chi connectivity index (χ4v) is 6.94. The summed E-state index contributed by atoms with van der Waals surface area (Å²) in [6.07, 6.45) is 0. The Morgan fingerprint density at radius 3 is 0.778 bits per heavy atom. The van der Waals surface area contributed by atoms with E-state index >= 15 is 0 Å². The number of hydrogen-bond donors (Lipinski definition) is 0. The molecule has 10 heteroatoms. The molecule has 0 aliphatic heterocycles. The van der Waals surface area contributed by atoms with Crippen LogP contribution in [0, 0.1) is 0 Å². The lowest BCUT2D eigenvalue weighted by molar-refractivity contribution is 1.12. The van der Waals surface area contributed by atoms with Crippen molar-refractivity contribution in [1.82, 2.24) is 0 Å². The zero-order valence-electron chi connectivity index (χ0n) is 7.78. The van der Waals surface area contributed by atoms with Gasteiger partial charge < -0.3 is 0 Å². The number of benzene rings is 1. The van der Waals surface area contributed by atoms with Crippen LogP contribution in [0.15, 0.2) is 17.9 Å². The molecule has 0 N–H and O–H groups in total. The van der Waals surface area contributed by atoms with Crippen molar-refractivity contribution in [2.24, 2.45) is 0 Å². The smallest absolute Gasteiger partial charge is 0.0783 e. The van der Waals surface area contributed by atoms with Crippen molar-refractivity contribution in [3.8, 4) is 0 Å². The number of halogens is 10. The van der Waals surface area contributed by atoms with Crippen LogP contribution in [-0.4, -0.2) is 0 Å². The van der Waals surface area contributed by atoms with Crippen LogP contribution in [0.2, 0.25) is 0 Å². The van der Waals surface area contributed by atoms with E-state index in [9.17, 15) is 0 Å². The molecule has 1 rings (SSSR count). The van der Waals surface area contributed by atoms with Gasteiger partial charge in [0.25, 0.3) is 0 Å². The average molecular weight is 628 g/mol. The van der Waals surface area contributed by atoms with Gasteiger partial charge in [-0.1, -0.05) is 69.6 Å². The highest BCUT2D eigenvalue weighted by Gasteiger charge is 2.37. The summed E-state index contributed by atoms with van der Waals surface area (Å²) in [5, 5.41) is 0. The highest BCUT2D eigenvalue weighted by molar-refractivity contribution is 9.14. The first-order valence-electron chi connectivity index (χ1n) is 3.89. The van der Waals surface area contributed by atoms with Crippen molar-refractivity contribution >= 4 is 133 Å². The maximum absolute atomic E-state index is 5.91. The molecule has 0 aromatic heterocycles. The zero-order chi connectivity index (χ0) is 14.5. The Balaban J connectivity index is 3.79. The molecule has 0 nitrogen and oxygen atoms in total. The van der Waals surface area contributed by atoms with E-state index in [0.29, 0.717) is 29.0 Å². The normalized spacial score (nSPS) is 13.0. The second-order valence-corrected chi connectivity index (χ2v) is 10.7. The van der Waals surface area contributed by atoms with Gasteiger partial charge in [-0.05, 0) is 63.7 Å². The van der Waals surface area contributed by atoms with E-state index < -0.39 is 7.59 Å². The molecule has 0 saturated heterocycles. The molecule has 0 spiro atoms. The van der Waals surface area contributed by atoms with Crippen LogP contribution in [0.4, 0.5) is 0 Å². The molecule has 0 saturated carbocycles. The molecule has 0 amide bonds. The third-order valence-electron chi connectivity index (χ3n) is 1.83. The van der Waals surface area contributed by atoms with Crippen LogP contribution in [-0.2, 0) is 7.59 Å². The van der Waals surface area contributed by atoms with Gasteiger partial charge in [-0.15, -0.1) is 0 Å². The van der Waals surface area contributed by atoms with E-state index in [1.807, 2.05) is 0 Å². The summed E-state index contributed by atoms with van der Waals surface area (Å²) in [4.78, 5) is 0. The van der Waals surface area contributed by atoms with E-state index in [4.69, 9.17) is 69.6 Å². The van der Waals surface area contributed by atoms with Crippen LogP contribution in [0.25, 0.3) is 0 Å². The lowest BCUT2D eigenvalue weighted by Crippen LogP contribution is -2.10. The molecular formula is C8Br4Cl6. The minimum Gasteiger partial charge on any atom is -0.0783 e. The maximum atomic E-state index is 5.91. The lowest BCUT2D eigenvalue weighted by atomic mass is 10.1. The molecule has 1 aromatic carbocycles. The van der Waals surface area contributed by atoms with E-state index in [2.05, 4.69) is 63.7 Å². The van der Waals surface area contributed by atoms with Crippen LogP contribution in [0.1, 0.15) is 11.1 Å². The van der Waals surface area contributed by atoms with Gasteiger partial charge in [-0.3, -0.25) is 0 Å². The Morgan fingerprint density at radius 2 is 0.667 bits per heavy atom. The van der Waals surface area contributed by atoms with Crippen molar-refractivity contribution in [1.29, 1.82) is 0 Å². The second-order valence-electron chi connectivity index (χ2n) is 3.00. The SMILES string of the molecule is ClC(Cl)(Cl)c1c(Br)c(Br)c(C(Cl)(Cl)Cl)c(Br)c1Br. The summed E-state index contributed by atoms with van der Waals surface area (Å²) in [6.45, 7) is 0. The predicted molar refractivity (Wildman–Crippen MR) is 95.7 cm³/mol. The second kappa shape index (κ2) is 6.55. The van der Waals surface area contributed by atoms with Crippen molar-refractivity contribution in [2.45, 2.75) is 7.59 Å². The highest BCUT2D eigenvalue weighted by Crippen LogP contribution is 2.55. The van der Waals surface area contributed by atoms with E-state index in [0.717, 1.165) is 0 Å². The summed E-state index contributed by atoms with van der Waals surface area (Å²) in [7, 11) is 0. The molecule has 102 valence electrons. The fourth-order valence-electron chi connectivity index (χ4n) is 1.13. The van der Waals surface area contributed by atoms with Crippen LogP contribution < -0.4 is 0 Å². The summed E-state index contributed by atoms with van der Waals surface area (Å²) in [6, 6.07) is 0. The van der Waals surface area contributed by atoms with Crippen LogP contribution in [0.5, 0.6) is 0 Å². The number of alkyl halides is 6. The molecular weight excluding hydrogens is 628 g/mol. The zero-order valence-corrected chi connectivity index (χ0v) is 18.7. The minimum atomic E-state index is -1.64. The van der Waals surface area contributed by atoms with Gasteiger partial charge >= 0.3 is 0 Å². The standard InChI is InChI=1S/C8Br4Cl6/c9-3-1(7(13,14)15)4(10)6(12)2(5(3)11)8(16,17)18. The molecule has 0 fully saturated rings. The van der Waals surface area contributed by atoms with Gasteiger partial charge in [0.15, 0.2) is 0 Å². The van der Waals surface area contributed by atoms with Gasteiger partial charge in [0.2, 0.25) is 7.59 Å². The predicted octanol–water partition coefficient (Wildman–Crippen LogP) is 8.39. The summed E-state index contributed by atoms with van der Waals surface area (Å²) >= 11 is 48.7. The summed E-state index contributed by atoms with van der Waals surface area (Å²) in [5.41, 5.74) is 0.786. The molecule has 18 heavy (non-hydrogen) atoms. The van der Waals surface area contributed by atoms with Crippen molar-refractivity contribution in [3.05, 3.63) is 29.0 Å². The largest absolute Gasteiger partial charge is 0.218 e. The fraction of sp³-hybridized carbons (Fsp3) is 0.250. The molecule has 0 unspecified atom stereocenters. The number of rotatable bonds is 0. The van der Waals surface area contributed by atoms with Gasteiger partial charge in [-0.2, -0.15) is 0 Å². The first-order valence-corrected chi connectivity index (χ1v) is 9.33. The molecule has 0 aliphatic carbocycles. The van der Waals surface area contributed by atoms with Crippen molar-refractivity contribution in [2.75, 3.05) is 0 Å². The van der Waals surface area contributed by atoms with Crippen LogP contribution >= 0.6 is 133 Å². The Bertz CT molecular complexity index is 416. The van der Waals surface area contributed by atoms with Crippen LogP contribution in [0.3, 0.4) is 0 Å². The molecule has 0 aliphatic rings. The van der Waals surface area contributed by atoms with Gasteiger partial charge in [0.1, 0.15) is 0 Å². The van der Waals surface area contributed by atoms with Gasteiger partial charge in [0.05, 0.1) is 0 Å². The Labute approximate surface area is 167 Å². The Kier molecular flexibility index (Phi) is 6.89. The van der Waals surface area contributed by atoms with E-state index in [1.54, 1.807) is 0 Å². The number of hydrogen-bond acceptors (Lipinski definition) is 0. The van der Waals surface area contributed by atoms with Crippen molar-refractivity contribution in [3.63, 3.8) is 0 Å². The Hall–Kier alpha value is 2.88. The minimum absolute atomic E-state index is 0.393. The molecule has 0 heterocycles. The molecule has 0 atom stereocenters. The third-order valence-corrected chi connectivity index (χ3v) is 7.20. The van der Waals surface area contributed by atoms with Gasteiger partial charge in [0, 0.05) is 29.0 Å². The highest BCUT2D eigenvalue weighted by atomic mass is 79.9.